The van der Waals surface area contributed by atoms with Crippen molar-refractivity contribution in [3.8, 4) is 5.75 Å². The molecule has 0 saturated heterocycles. The Bertz CT molecular complexity index is 685. The van der Waals surface area contributed by atoms with Crippen molar-refractivity contribution in [2.75, 3.05) is 12.3 Å². The number of rotatable bonds is 10. The van der Waals surface area contributed by atoms with Crippen LogP contribution in [0.1, 0.15) is 37.0 Å². The van der Waals surface area contributed by atoms with E-state index in [-0.39, 0.29) is 5.91 Å². The Morgan fingerprint density at radius 1 is 1.12 bits per heavy atom. The van der Waals surface area contributed by atoms with Gasteiger partial charge in [-0.05, 0) is 43.0 Å². The van der Waals surface area contributed by atoms with E-state index in [2.05, 4.69) is 43.4 Å². The summed E-state index contributed by atoms with van der Waals surface area (Å²) in [6.07, 6.45) is 1.21. The van der Waals surface area contributed by atoms with Gasteiger partial charge in [-0.1, -0.05) is 55.8 Å². The third-order valence-electron chi connectivity index (χ3n) is 4.17. The topological polar surface area (TPSA) is 38.3 Å². The van der Waals surface area contributed by atoms with Crippen molar-refractivity contribution in [1.29, 1.82) is 0 Å². The van der Waals surface area contributed by atoms with Gasteiger partial charge in [0.1, 0.15) is 5.75 Å². The second-order valence-electron chi connectivity index (χ2n) is 6.34. The van der Waals surface area contributed by atoms with Crippen molar-refractivity contribution in [1.82, 2.24) is 5.32 Å². The minimum absolute atomic E-state index is 0.0387. The number of amides is 1. The van der Waals surface area contributed by atoms with Gasteiger partial charge in [0.2, 0.25) is 0 Å². The van der Waals surface area contributed by atoms with Crippen LogP contribution in [0.2, 0.25) is 0 Å². The van der Waals surface area contributed by atoms with Gasteiger partial charge in [-0.3, -0.25) is 4.79 Å². The van der Waals surface area contributed by atoms with E-state index in [9.17, 15) is 4.79 Å². The molecule has 1 atom stereocenters. The Balaban J connectivity index is 1.70. The highest BCUT2D eigenvalue weighted by Gasteiger charge is 2.17. The molecular formula is C22H29NO2S. The zero-order chi connectivity index (χ0) is 18.8. The zero-order valence-corrected chi connectivity index (χ0v) is 16.8. The van der Waals surface area contributed by atoms with Crippen molar-refractivity contribution in [2.24, 2.45) is 0 Å². The highest BCUT2D eigenvalue weighted by atomic mass is 32.2. The fraction of sp³-hybridized carbons (Fsp3) is 0.409. The number of ether oxygens (including phenoxy) is 1. The number of hydrogen-bond acceptors (Lipinski definition) is 3. The molecule has 140 valence electrons. The molecule has 0 spiro atoms. The summed E-state index contributed by atoms with van der Waals surface area (Å²) in [6, 6.07) is 16.5. The van der Waals surface area contributed by atoms with E-state index >= 15 is 0 Å². The quantitative estimate of drug-likeness (QED) is 0.612. The molecule has 0 bridgehead atoms. The van der Waals surface area contributed by atoms with Crippen LogP contribution in [0.15, 0.2) is 48.5 Å². The smallest absolute Gasteiger partial charge is 0.261 e. The SMILES string of the molecule is CCc1ccc(O[C@@H](CC)C(=O)NCCSCc2cccc(C)c2)cc1. The molecule has 0 aromatic heterocycles. The van der Waals surface area contributed by atoms with Crippen LogP contribution in [0.3, 0.4) is 0 Å². The Labute approximate surface area is 161 Å². The van der Waals surface area contributed by atoms with Gasteiger partial charge in [-0.25, -0.2) is 0 Å². The summed E-state index contributed by atoms with van der Waals surface area (Å²) in [7, 11) is 0. The van der Waals surface area contributed by atoms with Crippen LogP contribution in [0.25, 0.3) is 0 Å². The lowest BCUT2D eigenvalue weighted by molar-refractivity contribution is -0.127. The summed E-state index contributed by atoms with van der Waals surface area (Å²) in [4.78, 5) is 12.3. The lowest BCUT2D eigenvalue weighted by Gasteiger charge is -2.17. The van der Waals surface area contributed by atoms with Gasteiger partial charge in [0.15, 0.2) is 6.10 Å². The third-order valence-corrected chi connectivity index (χ3v) is 5.20. The molecular weight excluding hydrogens is 342 g/mol. The molecule has 0 aliphatic carbocycles. The van der Waals surface area contributed by atoms with Crippen LogP contribution in [-0.4, -0.2) is 24.3 Å². The number of aryl methyl sites for hydroxylation is 2. The third kappa shape index (κ3) is 6.75. The minimum atomic E-state index is -0.441. The molecule has 0 fully saturated rings. The molecule has 0 aliphatic heterocycles. The lowest BCUT2D eigenvalue weighted by Crippen LogP contribution is -2.39. The van der Waals surface area contributed by atoms with Crippen molar-refractivity contribution in [3.63, 3.8) is 0 Å². The number of hydrogen-bond donors (Lipinski definition) is 1. The fourth-order valence-electron chi connectivity index (χ4n) is 2.64. The summed E-state index contributed by atoms with van der Waals surface area (Å²) in [6.45, 7) is 6.85. The number of carbonyl (C=O) groups is 1. The van der Waals surface area contributed by atoms with Crippen LogP contribution < -0.4 is 10.1 Å². The molecule has 0 heterocycles. The van der Waals surface area contributed by atoms with Gasteiger partial charge in [0.05, 0.1) is 0 Å². The van der Waals surface area contributed by atoms with Crippen LogP contribution in [0.5, 0.6) is 5.75 Å². The highest BCUT2D eigenvalue weighted by Crippen LogP contribution is 2.16. The van der Waals surface area contributed by atoms with E-state index in [1.807, 2.05) is 43.0 Å². The molecule has 3 nitrogen and oxygen atoms in total. The Morgan fingerprint density at radius 2 is 1.88 bits per heavy atom. The summed E-state index contributed by atoms with van der Waals surface area (Å²) in [5.74, 6) is 2.57. The second-order valence-corrected chi connectivity index (χ2v) is 7.45. The zero-order valence-electron chi connectivity index (χ0n) is 16.0. The van der Waals surface area contributed by atoms with E-state index in [0.29, 0.717) is 13.0 Å². The molecule has 1 amide bonds. The van der Waals surface area contributed by atoms with E-state index < -0.39 is 6.10 Å². The van der Waals surface area contributed by atoms with E-state index in [1.54, 1.807) is 0 Å². The lowest BCUT2D eigenvalue weighted by atomic mass is 10.2. The van der Waals surface area contributed by atoms with Gasteiger partial charge in [-0.15, -0.1) is 0 Å². The van der Waals surface area contributed by atoms with Crippen molar-refractivity contribution >= 4 is 17.7 Å². The molecule has 2 aromatic rings. The van der Waals surface area contributed by atoms with Gasteiger partial charge >= 0.3 is 0 Å². The Hall–Kier alpha value is -1.94. The first-order chi connectivity index (χ1) is 12.6. The van der Waals surface area contributed by atoms with Gasteiger partial charge in [0, 0.05) is 18.1 Å². The minimum Gasteiger partial charge on any atom is -0.481 e. The van der Waals surface area contributed by atoms with Gasteiger partial charge in [0.25, 0.3) is 5.91 Å². The first-order valence-corrected chi connectivity index (χ1v) is 10.4. The van der Waals surface area contributed by atoms with Crippen molar-refractivity contribution in [3.05, 3.63) is 65.2 Å². The average Bonchev–Trinajstić information content (AvgIpc) is 2.66. The largest absolute Gasteiger partial charge is 0.481 e. The first-order valence-electron chi connectivity index (χ1n) is 9.29. The number of benzene rings is 2. The molecule has 26 heavy (non-hydrogen) atoms. The number of nitrogens with one attached hydrogen (secondary N) is 1. The van der Waals surface area contributed by atoms with E-state index in [0.717, 1.165) is 23.7 Å². The van der Waals surface area contributed by atoms with E-state index in [1.165, 1.54) is 16.7 Å². The van der Waals surface area contributed by atoms with Gasteiger partial charge < -0.3 is 10.1 Å². The molecule has 0 saturated carbocycles. The predicted molar refractivity (Wildman–Crippen MR) is 111 cm³/mol. The monoisotopic (exact) mass is 371 g/mol. The van der Waals surface area contributed by atoms with E-state index in [4.69, 9.17) is 4.74 Å². The maximum atomic E-state index is 12.3. The standard InChI is InChI=1S/C22H29NO2S/c1-4-18-9-11-20(12-10-18)25-21(5-2)22(24)23-13-14-26-16-19-8-6-7-17(3)15-19/h6-12,15,21H,4-5,13-14,16H2,1-3H3,(H,23,24)/t21-/m0/s1. The predicted octanol–water partition coefficient (Wildman–Crippen LogP) is 4.76. The number of carbonyl (C=O) groups excluding carboxylic acids is 1. The Morgan fingerprint density at radius 3 is 2.54 bits per heavy atom. The Kier molecular flexibility index (Phi) is 8.56. The average molecular weight is 372 g/mol. The van der Waals surface area contributed by atoms with Crippen molar-refractivity contribution in [2.45, 2.75) is 45.5 Å². The van der Waals surface area contributed by atoms with Crippen LogP contribution in [0.4, 0.5) is 0 Å². The molecule has 2 aromatic carbocycles. The van der Waals surface area contributed by atoms with Crippen molar-refractivity contribution < 1.29 is 9.53 Å². The number of thioether (sulfide) groups is 1. The second kappa shape index (κ2) is 10.9. The normalized spacial score (nSPS) is 11.8. The fourth-order valence-corrected chi connectivity index (χ4v) is 3.45. The summed E-state index contributed by atoms with van der Waals surface area (Å²) in [5.41, 5.74) is 3.87. The maximum absolute atomic E-state index is 12.3. The van der Waals surface area contributed by atoms with Gasteiger partial charge in [-0.2, -0.15) is 11.8 Å². The van der Waals surface area contributed by atoms with Crippen LogP contribution in [0, 0.1) is 6.92 Å². The summed E-state index contributed by atoms with van der Waals surface area (Å²) < 4.78 is 5.85. The van der Waals surface area contributed by atoms with Crippen LogP contribution >= 0.6 is 11.8 Å². The summed E-state index contributed by atoms with van der Waals surface area (Å²) >= 11 is 1.83. The maximum Gasteiger partial charge on any atom is 0.261 e. The van der Waals surface area contributed by atoms with Crippen LogP contribution in [-0.2, 0) is 17.0 Å². The summed E-state index contributed by atoms with van der Waals surface area (Å²) in [5, 5.41) is 2.99. The molecule has 0 aliphatic rings. The first kappa shape index (κ1) is 20.4. The molecule has 0 unspecified atom stereocenters. The molecule has 0 radical (unpaired) electrons. The molecule has 1 N–H and O–H groups in total. The highest BCUT2D eigenvalue weighted by molar-refractivity contribution is 7.98. The molecule has 2 rings (SSSR count). The molecule has 4 heteroatoms.